The number of esters is 1. The third kappa shape index (κ3) is 2.39. The van der Waals surface area contributed by atoms with Gasteiger partial charge in [-0.3, -0.25) is 4.79 Å². The number of carbonyl (C=O) groups is 1. The van der Waals surface area contributed by atoms with Crippen LogP contribution < -0.4 is 4.90 Å². The quantitative estimate of drug-likeness (QED) is 0.534. The Morgan fingerprint density at radius 2 is 2.10 bits per heavy atom. The molecular formula is C15H11Br2NO2S. The Hall–Kier alpha value is -0.980. The molecule has 3 rings (SSSR count). The normalized spacial score (nSPS) is 13.1. The summed E-state index contributed by atoms with van der Waals surface area (Å²) in [6.07, 6.45) is 0. The van der Waals surface area contributed by atoms with Crippen molar-refractivity contribution >= 4 is 71.5 Å². The number of carbonyl (C=O) groups excluding carboxylic acids is 1. The predicted molar refractivity (Wildman–Crippen MR) is 95.0 cm³/mol. The summed E-state index contributed by atoms with van der Waals surface area (Å²) in [5.41, 5.74) is 1.91. The summed E-state index contributed by atoms with van der Waals surface area (Å²) in [4.78, 5) is 14.3. The van der Waals surface area contributed by atoms with Gasteiger partial charge >= 0.3 is 5.97 Å². The third-order valence-corrected chi connectivity index (χ3v) is 5.08. The van der Waals surface area contributed by atoms with Crippen LogP contribution in [0, 0.1) is 0 Å². The van der Waals surface area contributed by atoms with Gasteiger partial charge in [0.25, 0.3) is 0 Å². The molecule has 2 aromatic rings. The molecular weight excluding hydrogens is 418 g/mol. The Labute approximate surface area is 144 Å². The number of thiocarbonyl (C=S) groups is 1. The highest BCUT2D eigenvalue weighted by Crippen LogP contribution is 2.45. The van der Waals surface area contributed by atoms with E-state index >= 15 is 0 Å². The fourth-order valence-electron chi connectivity index (χ4n) is 2.56. The summed E-state index contributed by atoms with van der Waals surface area (Å²) in [5.74, 6) is -0.282. The number of rotatable bonds is 3. The second kappa shape index (κ2) is 5.66. The van der Waals surface area contributed by atoms with E-state index in [1.54, 1.807) is 6.92 Å². The smallest absolute Gasteiger partial charge is 0.325 e. The molecule has 0 fully saturated rings. The van der Waals surface area contributed by atoms with Gasteiger partial charge < -0.3 is 9.64 Å². The number of benzene rings is 2. The van der Waals surface area contributed by atoms with E-state index in [1.807, 2.05) is 29.2 Å². The number of ether oxygens (including phenoxy) is 1. The molecule has 0 saturated carbocycles. The number of halogens is 2. The van der Waals surface area contributed by atoms with Crippen LogP contribution in [0.25, 0.3) is 10.8 Å². The van der Waals surface area contributed by atoms with Crippen molar-refractivity contribution in [1.82, 2.24) is 0 Å². The van der Waals surface area contributed by atoms with Crippen LogP contribution in [0.4, 0.5) is 5.69 Å². The highest BCUT2D eigenvalue weighted by atomic mass is 79.9. The van der Waals surface area contributed by atoms with E-state index in [0.717, 1.165) is 31.0 Å². The first kappa shape index (κ1) is 14.9. The van der Waals surface area contributed by atoms with Crippen molar-refractivity contribution in [2.45, 2.75) is 6.92 Å². The van der Waals surface area contributed by atoms with Gasteiger partial charge in [0.05, 0.1) is 12.3 Å². The van der Waals surface area contributed by atoms with Gasteiger partial charge in [0.15, 0.2) is 0 Å². The van der Waals surface area contributed by atoms with Crippen LogP contribution in [-0.4, -0.2) is 24.1 Å². The lowest BCUT2D eigenvalue weighted by atomic mass is 10.1. The molecule has 108 valence electrons. The molecule has 0 aromatic heterocycles. The van der Waals surface area contributed by atoms with Gasteiger partial charge in [0, 0.05) is 19.9 Å². The Morgan fingerprint density at radius 3 is 2.81 bits per heavy atom. The Kier molecular flexibility index (Phi) is 4.03. The fraction of sp³-hybridized carbons (Fsp3) is 0.200. The Morgan fingerprint density at radius 1 is 1.33 bits per heavy atom. The molecule has 1 aliphatic heterocycles. The lowest BCUT2D eigenvalue weighted by Gasteiger charge is -2.20. The first-order valence-electron chi connectivity index (χ1n) is 6.42. The predicted octanol–water partition coefficient (Wildman–Crippen LogP) is 4.42. The van der Waals surface area contributed by atoms with E-state index in [2.05, 4.69) is 31.9 Å². The van der Waals surface area contributed by atoms with Crippen LogP contribution in [-0.2, 0) is 9.53 Å². The van der Waals surface area contributed by atoms with E-state index in [0.29, 0.717) is 11.6 Å². The van der Waals surface area contributed by atoms with Crippen molar-refractivity contribution in [3.63, 3.8) is 0 Å². The molecule has 0 N–H and O–H groups in total. The highest BCUT2D eigenvalue weighted by Gasteiger charge is 2.31. The van der Waals surface area contributed by atoms with Gasteiger partial charge in [0.1, 0.15) is 11.5 Å². The molecule has 1 aliphatic rings. The van der Waals surface area contributed by atoms with Gasteiger partial charge in [-0.05, 0) is 34.3 Å². The number of hydrogen-bond donors (Lipinski definition) is 0. The number of anilines is 1. The molecule has 0 atom stereocenters. The molecule has 6 heteroatoms. The van der Waals surface area contributed by atoms with Gasteiger partial charge in [-0.25, -0.2) is 0 Å². The minimum atomic E-state index is -0.282. The summed E-state index contributed by atoms with van der Waals surface area (Å²) < 4.78 is 6.94. The minimum absolute atomic E-state index is 0.122. The maximum absolute atomic E-state index is 11.8. The molecule has 0 spiro atoms. The van der Waals surface area contributed by atoms with Crippen LogP contribution >= 0.6 is 44.1 Å². The van der Waals surface area contributed by atoms with E-state index in [1.165, 1.54) is 0 Å². The number of nitrogens with zero attached hydrogens (tertiary/aromatic N) is 1. The first-order valence-corrected chi connectivity index (χ1v) is 8.42. The molecule has 0 aliphatic carbocycles. The van der Waals surface area contributed by atoms with E-state index in [4.69, 9.17) is 17.0 Å². The van der Waals surface area contributed by atoms with Gasteiger partial charge in [-0.1, -0.05) is 46.3 Å². The molecule has 0 saturated heterocycles. The van der Waals surface area contributed by atoms with Crippen molar-refractivity contribution in [2.75, 3.05) is 18.1 Å². The number of hydrogen-bond acceptors (Lipinski definition) is 3. The molecule has 2 aromatic carbocycles. The molecule has 3 nitrogen and oxygen atoms in total. The summed E-state index contributed by atoms with van der Waals surface area (Å²) in [6.45, 7) is 2.28. The Balaban J connectivity index is 2.17. The van der Waals surface area contributed by atoms with Crippen LogP contribution in [0.5, 0.6) is 0 Å². The van der Waals surface area contributed by atoms with Crippen molar-refractivity contribution < 1.29 is 9.53 Å². The average Bonchev–Trinajstić information content (AvgIpc) is 2.71. The summed E-state index contributed by atoms with van der Waals surface area (Å²) in [7, 11) is 0. The van der Waals surface area contributed by atoms with Crippen molar-refractivity contribution in [1.29, 1.82) is 0 Å². The zero-order chi connectivity index (χ0) is 15.1. The zero-order valence-corrected chi connectivity index (χ0v) is 15.1. The summed E-state index contributed by atoms with van der Waals surface area (Å²) >= 11 is 12.7. The van der Waals surface area contributed by atoms with Crippen LogP contribution in [0.3, 0.4) is 0 Å². The van der Waals surface area contributed by atoms with E-state index in [9.17, 15) is 4.79 Å². The third-order valence-electron chi connectivity index (χ3n) is 3.38. The van der Waals surface area contributed by atoms with Crippen LogP contribution in [0.1, 0.15) is 12.5 Å². The largest absolute Gasteiger partial charge is 0.465 e. The topological polar surface area (TPSA) is 29.5 Å². The lowest BCUT2D eigenvalue weighted by Crippen LogP contribution is -2.33. The van der Waals surface area contributed by atoms with E-state index < -0.39 is 0 Å². The summed E-state index contributed by atoms with van der Waals surface area (Å²) in [5, 5.41) is 2.15. The second-order valence-electron chi connectivity index (χ2n) is 4.61. The average molecular weight is 429 g/mol. The van der Waals surface area contributed by atoms with Crippen LogP contribution in [0.15, 0.2) is 33.2 Å². The van der Waals surface area contributed by atoms with Crippen molar-refractivity contribution in [2.24, 2.45) is 0 Å². The minimum Gasteiger partial charge on any atom is -0.465 e. The maximum atomic E-state index is 11.8. The second-order valence-corrected chi connectivity index (χ2v) is 6.71. The van der Waals surface area contributed by atoms with Crippen molar-refractivity contribution in [3.05, 3.63) is 38.8 Å². The highest BCUT2D eigenvalue weighted by molar-refractivity contribution is 9.11. The standard InChI is InChI=1S/C15H11Br2NO2S/c1-2-20-12(19)7-18-14-11(17)6-10(16)8-4-3-5-9(13(8)14)15(18)21/h3-6H,2,7H2,1H3. The van der Waals surface area contributed by atoms with E-state index in [-0.39, 0.29) is 12.5 Å². The molecule has 1 heterocycles. The molecule has 21 heavy (non-hydrogen) atoms. The molecule has 0 unspecified atom stereocenters. The molecule has 0 amide bonds. The SMILES string of the molecule is CCOC(=O)CN1C(=S)c2cccc3c(Br)cc(Br)c1c23. The van der Waals surface area contributed by atoms with Crippen molar-refractivity contribution in [3.8, 4) is 0 Å². The zero-order valence-electron chi connectivity index (χ0n) is 11.2. The first-order chi connectivity index (χ1) is 10.0. The monoisotopic (exact) mass is 427 g/mol. The van der Waals surface area contributed by atoms with Gasteiger partial charge in [0.2, 0.25) is 0 Å². The summed E-state index contributed by atoms with van der Waals surface area (Å²) in [6, 6.07) is 7.97. The van der Waals surface area contributed by atoms with Gasteiger partial charge in [-0.2, -0.15) is 0 Å². The fourth-order valence-corrected chi connectivity index (χ4v) is 4.39. The van der Waals surface area contributed by atoms with Crippen LogP contribution in [0.2, 0.25) is 0 Å². The maximum Gasteiger partial charge on any atom is 0.325 e. The lowest BCUT2D eigenvalue weighted by molar-refractivity contribution is -0.141. The molecule has 0 radical (unpaired) electrons. The molecule has 0 bridgehead atoms. The Bertz CT molecular complexity index is 776. The van der Waals surface area contributed by atoms with Gasteiger partial charge in [-0.15, -0.1) is 0 Å².